The van der Waals surface area contributed by atoms with Crippen molar-refractivity contribution < 1.29 is 27.6 Å². The molecule has 0 radical (unpaired) electrons. The number of rotatable bonds is 4. The number of nitrogens with zero attached hydrogens (tertiary/aromatic N) is 2. The third-order valence-corrected chi connectivity index (χ3v) is 4.93. The molecule has 3 amide bonds. The third-order valence-electron chi connectivity index (χ3n) is 4.93. The van der Waals surface area contributed by atoms with Gasteiger partial charge in [0.05, 0.1) is 12.1 Å². The number of alkyl halides is 3. The van der Waals surface area contributed by atoms with Crippen molar-refractivity contribution in [3.05, 3.63) is 41.5 Å². The van der Waals surface area contributed by atoms with Crippen LogP contribution in [0.25, 0.3) is 6.08 Å². The van der Waals surface area contributed by atoms with Crippen molar-refractivity contribution in [2.75, 3.05) is 26.2 Å². The number of fused-ring (bicyclic) bond motifs is 1. The quantitative estimate of drug-likeness (QED) is 0.789. The Hall–Kier alpha value is -2.84. The number of benzene rings is 1. The summed E-state index contributed by atoms with van der Waals surface area (Å²) in [5.74, 6) is -0.614. The molecule has 28 heavy (non-hydrogen) atoms. The fraction of sp³-hybridized carbons (Fsp3) is 0.421. The first kappa shape index (κ1) is 19.9. The molecule has 0 aromatic heterocycles. The number of amides is 3. The van der Waals surface area contributed by atoms with E-state index < -0.39 is 17.6 Å². The highest BCUT2D eigenvalue weighted by Gasteiger charge is 2.36. The predicted molar refractivity (Wildman–Crippen MR) is 94.8 cm³/mol. The van der Waals surface area contributed by atoms with Crippen LogP contribution < -0.4 is 5.32 Å². The maximum absolute atomic E-state index is 12.5. The molecule has 0 saturated carbocycles. The van der Waals surface area contributed by atoms with Crippen molar-refractivity contribution in [1.82, 2.24) is 15.1 Å². The first-order chi connectivity index (χ1) is 13.2. The van der Waals surface area contributed by atoms with E-state index >= 15 is 0 Å². The summed E-state index contributed by atoms with van der Waals surface area (Å²) in [5.41, 5.74) is -0.319. The molecule has 0 bridgehead atoms. The Morgan fingerprint density at radius 3 is 2.57 bits per heavy atom. The molecule has 1 aromatic rings. The summed E-state index contributed by atoms with van der Waals surface area (Å²) in [6.07, 6.45) is -0.605. The molecule has 2 heterocycles. The molecule has 0 spiro atoms. The number of nitrogens with one attached hydrogen (secondary N) is 1. The zero-order chi connectivity index (χ0) is 20.3. The van der Waals surface area contributed by atoms with Gasteiger partial charge in [0.2, 0.25) is 17.7 Å². The van der Waals surface area contributed by atoms with Gasteiger partial charge in [0.1, 0.15) is 0 Å². The van der Waals surface area contributed by atoms with E-state index in [4.69, 9.17) is 0 Å². The van der Waals surface area contributed by atoms with E-state index in [1.54, 1.807) is 9.80 Å². The van der Waals surface area contributed by atoms with Crippen molar-refractivity contribution in [3.8, 4) is 0 Å². The molecule has 150 valence electrons. The van der Waals surface area contributed by atoms with Crippen molar-refractivity contribution in [3.63, 3.8) is 0 Å². The van der Waals surface area contributed by atoms with Crippen LogP contribution in [0.2, 0.25) is 0 Å². The topological polar surface area (TPSA) is 69.7 Å². The minimum atomic E-state index is -4.41. The van der Waals surface area contributed by atoms with Crippen LogP contribution in [-0.2, 0) is 20.6 Å². The van der Waals surface area contributed by atoms with Gasteiger partial charge < -0.3 is 15.1 Å². The lowest BCUT2D eigenvalue weighted by atomic mass is 10.1. The smallest absolute Gasteiger partial charge is 0.343 e. The number of hydrogen-bond acceptors (Lipinski definition) is 3. The Balaban J connectivity index is 1.45. The monoisotopic (exact) mass is 395 g/mol. The SMILES string of the molecule is O=C(/C=C/c1ccc(C(F)(F)F)cc1)NCC(=O)N1CCN2C(=O)CCC2C1. The second-order valence-corrected chi connectivity index (χ2v) is 6.79. The van der Waals surface area contributed by atoms with Crippen molar-refractivity contribution in [2.45, 2.75) is 25.1 Å². The van der Waals surface area contributed by atoms with Gasteiger partial charge in [0.25, 0.3) is 0 Å². The predicted octanol–water partition coefficient (Wildman–Crippen LogP) is 1.67. The Kier molecular flexibility index (Phi) is 5.71. The second-order valence-electron chi connectivity index (χ2n) is 6.79. The van der Waals surface area contributed by atoms with Gasteiger partial charge in [-0.1, -0.05) is 12.1 Å². The molecule has 1 unspecified atom stereocenters. The van der Waals surface area contributed by atoms with Gasteiger partial charge in [0, 0.05) is 38.2 Å². The molecule has 0 aliphatic carbocycles. The second kappa shape index (κ2) is 8.04. The van der Waals surface area contributed by atoms with E-state index in [2.05, 4.69) is 5.32 Å². The highest BCUT2D eigenvalue weighted by Crippen LogP contribution is 2.29. The Morgan fingerprint density at radius 2 is 1.89 bits per heavy atom. The number of piperazine rings is 1. The minimum absolute atomic E-state index is 0.0560. The van der Waals surface area contributed by atoms with Crippen molar-refractivity contribution in [2.24, 2.45) is 0 Å². The Morgan fingerprint density at radius 1 is 1.18 bits per heavy atom. The molecule has 6 nitrogen and oxygen atoms in total. The molecular weight excluding hydrogens is 375 g/mol. The average molecular weight is 395 g/mol. The van der Waals surface area contributed by atoms with Gasteiger partial charge in [-0.25, -0.2) is 0 Å². The molecule has 1 atom stereocenters. The van der Waals surface area contributed by atoms with Crippen LogP contribution in [0.4, 0.5) is 13.2 Å². The molecule has 2 fully saturated rings. The van der Waals surface area contributed by atoms with Gasteiger partial charge in [0.15, 0.2) is 0 Å². The fourth-order valence-corrected chi connectivity index (χ4v) is 3.38. The summed E-state index contributed by atoms with van der Waals surface area (Å²) < 4.78 is 37.6. The van der Waals surface area contributed by atoms with E-state index in [9.17, 15) is 27.6 Å². The van der Waals surface area contributed by atoms with Gasteiger partial charge in [-0.05, 0) is 30.2 Å². The van der Waals surface area contributed by atoms with E-state index in [0.717, 1.165) is 18.6 Å². The van der Waals surface area contributed by atoms with Gasteiger partial charge in [-0.15, -0.1) is 0 Å². The van der Waals surface area contributed by atoms with Crippen molar-refractivity contribution in [1.29, 1.82) is 0 Å². The van der Waals surface area contributed by atoms with E-state index in [0.29, 0.717) is 31.6 Å². The first-order valence-corrected chi connectivity index (χ1v) is 8.94. The standard InChI is InChI=1S/C19H20F3N3O3/c20-19(21,22)14-4-1-13(2-5-14)3-7-16(26)23-11-18(28)24-9-10-25-15(12-24)6-8-17(25)27/h1-5,7,15H,6,8-12H2,(H,23,26)/b7-3+. The van der Waals surface area contributed by atoms with Crippen LogP contribution in [-0.4, -0.2) is 59.7 Å². The lowest BCUT2D eigenvalue weighted by molar-refractivity contribution is -0.138. The van der Waals surface area contributed by atoms with E-state index in [1.165, 1.54) is 24.3 Å². The molecular formula is C19H20F3N3O3. The lowest BCUT2D eigenvalue weighted by Crippen LogP contribution is -2.54. The maximum atomic E-state index is 12.5. The van der Waals surface area contributed by atoms with Gasteiger partial charge >= 0.3 is 6.18 Å². The molecule has 9 heteroatoms. The largest absolute Gasteiger partial charge is 0.416 e. The number of halogens is 3. The third kappa shape index (κ3) is 4.71. The number of carbonyl (C=O) groups excluding carboxylic acids is 3. The van der Waals surface area contributed by atoms with Crippen LogP contribution in [0.5, 0.6) is 0 Å². The first-order valence-electron chi connectivity index (χ1n) is 8.94. The summed E-state index contributed by atoms with van der Waals surface area (Å²) >= 11 is 0. The fourth-order valence-electron chi connectivity index (χ4n) is 3.38. The summed E-state index contributed by atoms with van der Waals surface area (Å²) in [6, 6.07) is 4.46. The van der Waals surface area contributed by atoms with Crippen LogP contribution >= 0.6 is 0 Å². The van der Waals surface area contributed by atoms with Crippen LogP contribution in [0.3, 0.4) is 0 Å². The average Bonchev–Trinajstić information content (AvgIpc) is 3.04. The number of carbonyl (C=O) groups is 3. The lowest BCUT2D eigenvalue weighted by Gasteiger charge is -2.37. The molecule has 2 aliphatic rings. The highest BCUT2D eigenvalue weighted by molar-refractivity contribution is 5.94. The summed E-state index contributed by atoms with van der Waals surface area (Å²) in [4.78, 5) is 39.2. The Labute approximate surface area is 160 Å². The summed E-state index contributed by atoms with van der Waals surface area (Å²) in [7, 11) is 0. The van der Waals surface area contributed by atoms with Crippen LogP contribution in [0.15, 0.2) is 30.3 Å². The summed E-state index contributed by atoms with van der Waals surface area (Å²) in [6.45, 7) is 1.26. The van der Waals surface area contributed by atoms with Crippen molar-refractivity contribution >= 4 is 23.8 Å². The van der Waals surface area contributed by atoms with Gasteiger partial charge in [-0.2, -0.15) is 13.2 Å². The van der Waals surface area contributed by atoms with Crippen LogP contribution in [0, 0.1) is 0 Å². The molecule has 3 rings (SSSR count). The van der Waals surface area contributed by atoms with E-state index in [1.807, 2.05) is 0 Å². The zero-order valence-electron chi connectivity index (χ0n) is 15.0. The maximum Gasteiger partial charge on any atom is 0.416 e. The van der Waals surface area contributed by atoms with Gasteiger partial charge in [-0.3, -0.25) is 14.4 Å². The highest BCUT2D eigenvalue weighted by atomic mass is 19.4. The molecule has 1 aromatic carbocycles. The zero-order valence-corrected chi connectivity index (χ0v) is 15.0. The molecule has 1 N–H and O–H groups in total. The summed E-state index contributed by atoms with van der Waals surface area (Å²) in [5, 5.41) is 2.48. The Bertz CT molecular complexity index is 790. The molecule has 2 saturated heterocycles. The molecule has 2 aliphatic heterocycles. The van der Waals surface area contributed by atoms with E-state index in [-0.39, 0.29) is 24.4 Å². The normalized spacial score (nSPS) is 19.8. The minimum Gasteiger partial charge on any atom is -0.343 e. The van der Waals surface area contributed by atoms with Crippen LogP contribution in [0.1, 0.15) is 24.0 Å². The number of hydrogen-bond donors (Lipinski definition) is 1.